The van der Waals surface area contributed by atoms with Crippen LogP contribution in [-0.2, 0) is 39.6 Å². The third kappa shape index (κ3) is 12.3. The van der Waals surface area contributed by atoms with E-state index in [4.69, 9.17) is 0 Å². The van der Waals surface area contributed by atoms with E-state index in [0.717, 1.165) is 0 Å². The first-order valence-electron chi connectivity index (χ1n) is 0. The quantitative estimate of drug-likeness (QED) is 0.474. The molecule has 2 nitrogen and oxygen atoms in total. The smallest absolute Gasteiger partial charge is 2.00 e. The normalized spacial score (nSPS) is 0. The van der Waals surface area contributed by atoms with Gasteiger partial charge in [0.25, 0.3) is 0 Å². The fraction of sp³-hybridized carbons (Fsp3) is 0. The molecule has 0 saturated carbocycles. The molecule has 4 heteroatoms. The number of quaternary nitrogens is 1. The fourth-order valence-electron chi connectivity index (χ4n) is 0. The van der Waals surface area contributed by atoms with E-state index in [9.17, 15) is 0 Å². The molecule has 0 amide bonds. The van der Waals surface area contributed by atoms with Gasteiger partial charge in [-0.1, -0.05) is 0 Å². The summed E-state index contributed by atoms with van der Waals surface area (Å²) in [5.41, 5.74) is 0. The van der Waals surface area contributed by atoms with Crippen LogP contribution in [0.1, 0.15) is 0 Å². The van der Waals surface area contributed by atoms with E-state index in [0.29, 0.717) is 0 Å². The monoisotopic (exact) mass is 145 g/mol. The van der Waals surface area contributed by atoms with Gasteiger partial charge in [0.2, 0.25) is 0 Å². The van der Waals surface area contributed by atoms with Crippen molar-refractivity contribution in [1.82, 2.24) is 6.15 Å². The maximum atomic E-state index is 0. The molecule has 0 atom stereocenters. The molecule has 0 aliphatic heterocycles. The second-order valence-corrected chi connectivity index (χ2v) is 0. The Hall–Kier alpha value is 0.959. The second kappa shape index (κ2) is 37.7. The topological polar surface area (TPSA) is 65.0 Å². The first kappa shape index (κ1) is 84.5. The zero-order valence-corrected chi connectivity index (χ0v) is 4.42. The summed E-state index contributed by atoms with van der Waals surface area (Å²) in [6, 6.07) is 0. The van der Waals surface area contributed by atoms with Crippen molar-refractivity contribution in [2.75, 3.05) is 0 Å². The first-order valence-corrected chi connectivity index (χ1v) is 0. The molecule has 0 spiro atoms. The van der Waals surface area contributed by atoms with Gasteiger partial charge in [-0.15, -0.1) is 0 Å². The number of hydrogen-bond acceptors (Lipinski definition) is 0. The van der Waals surface area contributed by atoms with Gasteiger partial charge in [0.1, 0.15) is 0 Å². The van der Waals surface area contributed by atoms with E-state index in [2.05, 4.69) is 0 Å². The van der Waals surface area contributed by atoms with Crippen LogP contribution in [0.5, 0.6) is 0 Å². The molecule has 1 radical (unpaired) electrons. The average Bonchev–Trinajstić information content (AvgIpc) is 0. The van der Waals surface area contributed by atoms with Crippen molar-refractivity contribution in [3.05, 3.63) is 0 Å². The van der Waals surface area contributed by atoms with Crippen LogP contribution in [0.3, 0.4) is 0 Å². The Kier molecular flexibility index (Phi) is 796. The maximum Gasteiger partial charge on any atom is 2.00 e. The largest absolute Gasteiger partial charge is 2.00 e. The van der Waals surface area contributed by atoms with Gasteiger partial charge in [0.15, 0.2) is 0 Å². The Balaban J connectivity index is 0. The van der Waals surface area contributed by atoms with E-state index in [1.807, 2.05) is 0 Å². The van der Waals surface area contributed by atoms with E-state index >= 15 is 0 Å². The minimum absolute atomic E-state index is 0. The molecule has 0 heterocycles. The molecule has 0 rings (SSSR count). The zero-order chi connectivity index (χ0) is 0. The predicted octanol–water partition coefficient (Wildman–Crippen LogP) is 0.252. The molecule has 0 saturated heterocycles. The third-order valence-corrected chi connectivity index (χ3v) is 0. The predicted molar refractivity (Wildman–Crippen MR) is 6.67 cm³/mol. The van der Waals surface area contributed by atoms with E-state index in [1.165, 1.54) is 0 Å². The minimum atomic E-state index is 0. The van der Waals surface area contributed by atoms with Crippen molar-refractivity contribution in [1.29, 1.82) is 0 Å². The fourth-order valence-corrected chi connectivity index (χ4v) is 0. The summed E-state index contributed by atoms with van der Waals surface area (Å²) < 4.78 is 0. The third-order valence-electron chi connectivity index (χ3n) is 0. The van der Waals surface area contributed by atoms with E-state index < -0.39 is 0 Å². The molecule has 0 aromatic heterocycles. The molecule has 0 bridgehead atoms. The molecule has 0 unspecified atom stereocenters. The standard InChI is InChI=1S/Fe.Mn.H3N.O/h;;1H3;/q2*+2;;-2/p+1. The van der Waals surface area contributed by atoms with Crippen LogP contribution in [-0.4, -0.2) is 0 Å². The summed E-state index contributed by atoms with van der Waals surface area (Å²) in [6.07, 6.45) is 0. The van der Waals surface area contributed by atoms with Gasteiger partial charge in [0, 0.05) is 0 Å². The summed E-state index contributed by atoms with van der Waals surface area (Å²) in [5.74, 6) is 0. The molecule has 0 aromatic rings. The van der Waals surface area contributed by atoms with Crippen LogP contribution >= 0.6 is 0 Å². The summed E-state index contributed by atoms with van der Waals surface area (Å²) in [6.45, 7) is 0. The molecule has 4 N–H and O–H groups in total. The maximum absolute atomic E-state index is 0. The van der Waals surface area contributed by atoms with Gasteiger partial charge >= 0.3 is 34.1 Å². The summed E-state index contributed by atoms with van der Waals surface area (Å²) in [4.78, 5) is 0. The van der Waals surface area contributed by atoms with Gasteiger partial charge in [0.05, 0.1) is 0 Å². The zero-order valence-electron chi connectivity index (χ0n) is 2.14. The van der Waals surface area contributed by atoms with Gasteiger partial charge in [-0.2, -0.15) is 0 Å². The Morgan fingerprint density at radius 3 is 1.00 bits per heavy atom. The van der Waals surface area contributed by atoms with Crippen LogP contribution in [0, 0.1) is 0 Å². The van der Waals surface area contributed by atoms with Crippen molar-refractivity contribution in [2.24, 2.45) is 0 Å². The number of rotatable bonds is 0. The van der Waals surface area contributed by atoms with Crippen molar-refractivity contribution in [2.45, 2.75) is 0 Å². The minimum Gasteiger partial charge on any atom is -2.00 e. The molecule has 0 aliphatic rings. The van der Waals surface area contributed by atoms with Crippen molar-refractivity contribution in [3.63, 3.8) is 0 Å². The molecule has 0 fully saturated rings. The Bertz CT molecular complexity index is 8.00. The summed E-state index contributed by atoms with van der Waals surface area (Å²) in [7, 11) is 0. The SMILES string of the molecule is [Fe+2].[Mn+2].[NH4+].[O-2]. The van der Waals surface area contributed by atoms with Crippen LogP contribution in [0.4, 0.5) is 0 Å². The van der Waals surface area contributed by atoms with E-state index in [1.54, 1.807) is 0 Å². The Labute approximate surface area is 46.2 Å². The average molecular weight is 145 g/mol. The van der Waals surface area contributed by atoms with Gasteiger partial charge in [-0.25, -0.2) is 0 Å². The second-order valence-electron chi connectivity index (χ2n) is 0. The van der Waals surface area contributed by atoms with Crippen molar-refractivity contribution < 1.29 is 39.6 Å². The molecule has 4 heavy (non-hydrogen) atoms. The van der Waals surface area contributed by atoms with Crippen LogP contribution < -0.4 is 6.15 Å². The molecule has 27 valence electrons. The molecule has 0 aliphatic carbocycles. The van der Waals surface area contributed by atoms with Gasteiger partial charge < -0.3 is 11.6 Å². The molecular weight excluding hydrogens is 141 g/mol. The van der Waals surface area contributed by atoms with Gasteiger partial charge in [-0.05, 0) is 0 Å². The van der Waals surface area contributed by atoms with Crippen molar-refractivity contribution in [3.8, 4) is 0 Å². The summed E-state index contributed by atoms with van der Waals surface area (Å²) in [5, 5.41) is 0. The van der Waals surface area contributed by atoms with Crippen LogP contribution in [0.2, 0.25) is 0 Å². The Morgan fingerprint density at radius 1 is 1.00 bits per heavy atom. The molecular formula is H4FeMnNO+3. The first-order chi connectivity index (χ1) is 0. The Morgan fingerprint density at radius 2 is 1.00 bits per heavy atom. The van der Waals surface area contributed by atoms with Gasteiger partial charge in [-0.3, -0.25) is 0 Å². The molecule has 0 aromatic carbocycles. The number of hydrogen-bond donors (Lipinski definition) is 1. The van der Waals surface area contributed by atoms with E-state index in [-0.39, 0.29) is 45.8 Å². The van der Waals surface area contributed by atoms with Crippen molar-refractivity contribution >= 4 is 0 Å². The summed E-state index contributed by atoms with van der Waals surface area (Å²) >= 11 is 0. The van der Waals surface area contributed by atoms with Crippen LogP contribution in [0.25, 0.3) is 0 Å². The van der Waals surface area contributed by atoms with Crippen LogP contribution in [0.15, 0.2) is 0 Å².